The first kappa shape index (κ1) is 16.5. The molecule has 1 aromatic carbocycles. The van der Waals surface area contributed by atoms with Gasteiger partial charge in [-0.05, 0) is 24.1 Å². The van der Waals surface area contributed by atoms with Gasteiger partial charge in [0, 0.05) is 12.5 Å². The van der Waals surface area contributed by atoms with Crippen molar-refractivity contribution in [1.82, 2.24) is 5.01 Å². The average Bonchev–Trinajstić information content (AvgIpc) is 2.49. The van der Waals surface area contributed by atoms with Crippen molar-refractivity contribution in [2.75, 3.05) is 12.4 Å². The summed E-state index contributed by atoms with van der Waals surface area (Å²) in [6.07, 6.45) is -3.61. The Labute approximate surface area is 136 Å². The van der Waals surface area contributed by atoms with Gasteiger partial charge in [0.15, 0.2) is 12.8 Å². The summed E-state index contributed by atoms with van der Waals surface area (Å²) in [5, 5.41) is 3.62. The van der Waals surface area contributed by atoms with Gasteiger partial charge in [0.25, 0.3) is 0 Å². The van der Waals surface area contributed by atoms with Crippen LogP contribution in [0.5, 0.6) is 0 Å². The molecule has 2 aliphatic heterocycles. The zero-order chi connectivity index (χ0) is 17.8. The molecule has 2 heterocycles. The highest BCUT2D eigenvalue weighted by Crippen LogP contribution is 2.42. The van der Waals surface area contributed by atoms with Gasteiger partial charge < -0.3 is 0 Å². The molecule has 2 aliphatic rings. The minimum atomic E-state index is -4.67. The van der Waals surface area contributed by atoms with Crippen molar-refractivity contribution in [3.63, 3.8) is 0 Å². The molecule has 0 aromatic heterocycles. The standard InChI is InChI=1S/C16H15F4N3O/c1-4-9-5-8(2)22(3)23-14(9)11-6-10(16(18,19)20)7-12(17)13(11)21-15(23)24/h6-7H,4-5H2,1-3H3/p+1. The number of carbonyl (C=O) groups is 1. The van der Waals surface area contributed by atoms with E-state index in [1.807, 2.05) is 13.8 Å². The van der Waals surface area contributed by atoms with Gasteiger partial charge in [0.2, 0.25) is 0 Å². The van der Waals surface area contributed by atoms with Crippen molar-refractivity contribution in [2.24, 2.45) is 0 Å². The smallest absolute Gasteiger partial charge is 0.300 e. The molecule has 0 spiro atoms. The number of nitrogens with one attached hydrogen (secondary N) is 1. The summed E-state index contributed by atoms with van der Waals surface area (Å²) >= 11 is 0. The maximum absolute atomic E-state index is 14.2. The lowest BCUT2D eigenvalue weighted by Crippen LogP contribution is -2.47. The van der Waals surface area contributed by atoms with E-state index in [4.69, 9.17) is 0 Å². The predicted molar refractivity (Wildman–Crippen MR) is 81.0 cm³/mol. The van der Waals surface area contributed by atoms with E-state index in [2.05, 4.69) is 5.32 Å². The van der Waals surface area contributed by atoms with E-state index in [0.717, 1.165) is 17.4 Å². The highest BCUT2D eigenvalue weighted by Gasteiger charge is 2.43. The van der Waals surface area contributed by atoms with E-state index < -0.39 is 23.6 Å². The first-order chi connectivity index (χ1) is 11.1. The highest BCUT2D eigenvalue weighted by atomic mass is 19.4. The van der Waals surface area contributed by atoms with Gasteiger partial charge in [-0.2, -0.15) is 13.2 Å². The summed E-state index contributed by atoms with van der Waals surface area (Å²) in [5.41, 5.74) is 0.763. The Balaban J connectivity index is 2.31. The van der Waals surface area contributed by atoms with Gasteiger partial charge in [0.05, 0.1) is 17.7 Å². The third-order valence-electron chi connectivity index (χ3n) is 4.39. The Morgan fingerprint density at radius 3 is 2.58 bits per heavy atom. The third kappa shape index (κ3) is 2.37. The van der Waals surface area contributed by atoms with E-state index in [-0.39, 0.29) is 11.3 Å². The number of hydrogen-bond acceptors (Lipinski definition) is 1. The van der Waals surface area contributed by atoms with E-state index in [0.29, 0.717) is 24.6 Å². The second-order valence-electron chi connectivity index (χ2n) is 5.86. The summed E-state index contributed by atoms with van der Waals surface area (Å²) in [4.78, 5) is 12.4. The van der Waals surface area contributed by atoms with Crippen LogP contribution in [0.25, 0.3) is 5.70 Å². The lowest BCUT2D eigenvalue weighted by molar-refractivity contribution is -0.628. The van der Waals surface area contributed by atoms with Gasteiger partial charge in [-0.15, -0.1) is 4.68 Å². The second kappa shape index (κ2) is 5.32. The first-order valence-corrected chi connectivity index (χ1v) is 7.45. The normalized spacial score (nSPS) is 17.8. The fourth-order valence-corrected chi connectivity index (χ4v) is 3.06. The topological polar surface area (TPSA) is 35.4 Å². The van der Waals surface area contributed by atoms with Crippen LogP contribution < -0.4 is 5.32 Å². The Hall–Kier alpha value is -2.38. The molecule has 0 atom stereocenters. The first-order valence-electron chi connectivity index (χ1n) is 7.45. The molecule has 1 aromatic rings. The average molecular weight is 342 g/mol. The number of urea groups is 1. The van der Waals surface area contributed by atoms with Crippen molar-refractivity contribution in [3.05, 3.63) is 34.6 Å². The van der Waals surface area contributed by atoms with Crippen molar-refractivity contribution in [2.45, 2.75) is 32.9 Å². The Morgan fingerprint density at radius 1 is 1.33 bits per heavy atom. The fourth-order valence-electron chi connectivity index (χ4n) is 3.06. The minimum Gasteiger partial charge on any atom is -0.300 e. The van der Waals surface area contributed by atoms with E-state index in [9.17, 15) is 22.4 Å². The van der Waals surface area contributed by atoms with E-state index >= 15 is 0 Å². The molecule has 0 aliphatic carbocycles. The Morgan fingerprint density at radius 2 is 2.00 bits per heavy atom. The molecule has 0 unspecified atom stereocenters. The monoisotopic (exact) mass is 342 g/mol. The quantitative estimate of drug-likeness (QED) is 0.601. The van der Waals surface area contributed by atoms with Crippen LogP contribution in [0, 0.1) is 5.82 Å². The van der Waals surface area contributed by atoms with Crippen LogP contribution in [0.3, 0.4) is 0 Å². The maximum atomic E-state index is 14.2. The number of fused-ring (bicyclic) bond motifs is 3. The highest BCUT2D eigenvalue weighted by molar-refractivity contribution is 6.04. The summed E-state index contributed by atoms with van der Waals surface area (Å²) < 4.78 is 55.0. The third-order valence-corrected chi connectivity index (χ3v) is 4.39. The zero-order valence-electron chi connectivity index (χ0n) is 13.4. The lowest BCUT2D eigenvalue weighted by Gasteiger charge is -2.33. The number of hydrazine groups is 1. The largest absolute Gasteiger partial charge is 0.416 e. The lowest BCUT2D eigenvalue weighted by atomic mass is 9.94. The van der Waals surface area contributed by atoms with Crippen molar-refractivity contribution in [1.29, 1.82) is 0 Å². The molecule has 4 nitrogen and oxygen atoms in total. The van der Waals surface area contributed by atoms with E-state index in [1.54, 1.807) is 11.7 Å². The Bertz CT molecular complexity index is 808. The van der Waals surface area contributed by atoms with Crippen molar-refractivity contribution < 1.29 is 27.0 Å². The van der Waals surface area contributed by atoms with Crippen LogP contribution in [-0.4, -0.2) is 28.5 Å². The maximum Gasteiger partial charge on any atom is 0.416 e. The summed E-state index contributed by atoms with van der Waals surface area (Å²) in [6, 6.07) is 0.707. The van der Waals surface area contributed by atoms with Crippen LogP contribution >= 0.6 is 0 Å². The predicted octanol–water partition coefficient (Wildman–Crippen LogP) is 4.24. The number of hydrazone groups is 1. The number of benzene rings is 1. The molecule has 24 heavy (non-hydrogen) atoms. The summed E-state index contributed by atoms with van der Waals surface area (Å²) in [7, 11) is 1.65. The van der Waals surface area contributed by atoms with Crippen molar-refractivity contribution >= 4 is 23.1 Å². The molecule has 8 heteroatoms. The van der Waals surface area contributed by atoms with Gasteiger partial charge in [-0.25, -0.2) is 9.18 Å². The minimum absolute atomic E-state index is 0.0538. The molecule has 0 fully saturated rings. The number of carbonyl (C=O) groups excluding carboxylic acids is 1. The van der Waals surface area contributed by atoms with Crippen molar-refractivity contribution in [3.8, 4) is 0 Å². The number of alkyl halides is 3. The number of nitrogens with zero attached hydrogens (tertiary/aromatic N) is 2. The van der Waals surface area contributed by atoms with Crippen LogP contribution in [0.1, 0.15) is 37.8 Å². The SMILES string of the molecule is CCC1=C2c3cc(C(F)(F)F)cc(F)c3NC(=O)N2[N+](C)=C(C)C1. The number of rotatable bonds is 1. The van der Waals surface area contributed by atoms with Crippen LogP contribution in [-0.2, 0) is 6.18 Å². The molecular weight excluding hydrogens is 326 g/mol. The number of amides is 2. The molecule has 0 saturated carbocycles. The number of hydrogen-bond donors (Lipinski definition) is 1. The second-order valence-corrected chi connectivity index (χ2v) is 5.86. The zero-order valence-corrected chi connectivity index (χ0v) is 13.4. The number of anilines is 1. The number of halogens is 4. The van der Waals surface area contributed by atoms with Gasteiger partial charge in [-0.1, -0.05) is 11.9 Å². The molecule has 0 bridgehead atoms. The molecule has 128 valence electrons. The van der Waals surface area contributed by atoms with Crippen LogP contribution in [0.15, 0.2) is 17.7 Å². The van der Waals surface area contributed by atoms with Gasteiger partial charge in [0.1, 0.15) is 11.5 Å². The van der Waals surface area contributed by atoms with Crippen LogP contribution in [0.4, 0.5) is 28.0 Å². The number of allylic oxidation sites excluding steroid dienone is 1. The molecule has 1 N–H and O–H groups in total. The summed E-state index contributed by atoms with van der Waals surface area (Å²) in [6.45, 7) is 3.69. The fraction of sp³-hybridized carbons (Fsp3) is 0.375. The molecule has 0 saturated heterocycles. The van der Waals surface area contributed by atoms with E-state index in [1.165, 1.54) is 5.01 Å². The van der Waals surface area contributed by atoms with Gasteiger partial charge in [-0.3, -0.25) is 5.32 Å². The van der Waals surface area contributed by atoms with Gasteiger partial charge >= 0.3 is 12.2 Å². The van der Waals surface area contributed by atoms with Crippen LogP contribution in [0.2, 0.25) is 0 Å². The summed E-state index contributed by atoms with van der Waals surface area (Å²) in [5.74, 6) is -1.09. The molecular formula is C16H16F4N3O+. The molecule has 2 amide bonds. The molecule has 0 radical (unpaired) electrons. The molecule has 3 rings (SSSR count). The Kier molecular flexibility index (Phi) is 3.65.